The molecule has 3 rings (SSSR count). The molecule has 6 heteroatoms. The average molecular weight is 353 g/mol. The van der Waals surface area contributed by atoms with Crippen LogP contribution in [0.15, 0.2) is 48.5 Å². The molecular formula is C20H20FN3O2. The van der Waals surface area contributed by atoms with E-state index in [4.69, 9.17) is 4.74 Å². The Morgan fingerprint density at radius 3 is 2.46 bits per heavy atom. The first-order valence-electron chi connectivity index (χ1n) is 8.52. The van der Waals surface area contributed by atoms with Gasteiger partial charge in [0.05, 0.1) is 11.7 Å². The molecule has 0 aliphatic carbocycles. The maximum Gasteiger partial charge on any atom is 0.336 e. The van der Waals surface area contributed by atoms with Gasteiger partial charge >= 0.3 is 6.01 Å². The molecule has 0 radical (unpaired) electrons. The van der Waals surface area contributed by atoms with Gasteiger partial charge in [-0.3, -0.25) is 4.79 Å². The van der Waals surface area contributed by atoms with Crippen LogP contribution in [-0.2, 0) is 6.42 Å². The van der Waals surface area contributed by atoms with Crippen molar-refractivity contribution in [3.05, 3.63) is 65.5 Å². The van der Waals surface area contributed by atoms with Gasteiger partial charge in [0.25, 0.3) is 5.91 Å². The fourth-order valence-electron chi connectivity index (χ4n) is 2.52. The van der Waals surface area contributed by atoms with Crippen molar-refractivity contribution >= 4 is 5.91 Å². The molecule has 3 aromatic rings. The second kappa shape index (κ2) is 7.47. The summed E-state index contributed by atoms with van der Waals surface area (Å²) in [6.07, 6.45) is 0.711. The number of nitrogens with zero attached hydrogens (tertiary/aromatic N) is 3. The zero-order valence-corrected chi connectivity index (χ0v) is 14.9. The van der Waals surface area contributed by atoms with Crippen LogP contribution in [0.1, 0.15) is 36.7 Å². The van der Waals surface area contributed by atoms with Crippen molar-refractivity contribution in [2.45, 2.75) is 33.3 Å². The van der Waals surface area contributed by atoms with E-state index in [9.17, 15) is 9.18 Å². The Kier molecular flexibility index (Phi) is 5.11. The molecule has 0 N–H and O–H groups in total. The van der Waals surface area contributed by atoms with E-state index in [0.717, 1.165) is 16.7 Å². The van der Waals surface area contributed by atoms with E-state index in [2.05, 4.69) is 10.1 Å². The Bertz CT molecular complexity index is 917. The molecule has 0 amide bonds. The number of carbonyl (C=O) groups is 1. The second-order valence-corrected chi connectivity index (χ2v) is 6.13. The summed E-state index contributed by atoms with van der Waals surface area (Å²) in [4.78, 5) is 17.2. The summed E-state index contributed by atoms with van der Waals surface area (Å²) in [6, 6.07) is 13.4. The predicted octanol–water partition coefficient (Wildman–Crippen LogP) is 4.12. The van der Waals surface area contributed by atoms with Gasteiger partial charge in [-0.1, -0.05) is 31.2 Å². The van der Waals surface area contributed by atoms with E-state index in [0.29, 0.717) is 5.56 Å². The normalized spacial score (nSPS) is 11.0. The summed E-state index contributed by atoms with van der Waals surface area (Å²) >= 11 is 0. The minimum atomic E-state index is -0.480. The number of hydrogen-bond acceptors (Lipinski definition) is 4. The first-order chi connectivity index (χ1) is 12.5. The van der Waals surface area contributed by atoms with Crippen LogP contribution in [0.4, 0.5) is 4.39 Å². The van der Waals surface area contributed by atoms with Crippen LogP contribution in [0.25, 0.3) is 11.4 Å². The van der Waals surface area contributed by atoms with E-state index >= 15 is 0 Å². The largest absolute Gasteiger partial charge is 0.460 e. The Morgan fingerprint density at radius 1 is 1.15 bits per heavy atom. The van der Waals surface area contributed by atoms with Crippen molar-refractivity contribution in [3.63, 3.8) is 0 Å². The smallest absolute Gasteiger partial charge is 0.336 e. The summed E-state index contributed by atoms with van der Waals surface area (Å²) in [5.41, 5.74) is 1.76. The molecule has 0 unspecified atom stereocenters. The predicted molar refractivity (Wildman–Crippen MR) is 96.7 cm³/mol. The number of aromatic nitrogens is 3. The maximum absolute atomic E-state index is 14.3. The lowest BCUT2D eigenvalue weighted by molar-refractivity contribution is 0.0943. The van der Waals surface area contributed by atoms with E-state index in [1.54, 1.807) is 30.3 Å². The summed E-state index contributed by atoms with van der Waals surface area (Å²) in [6.45, 7) is 5.70. The number of ether oxygens (including phenoxy) is 1. The summed E-state index contributed by atoms with van der Waals surface area (Å²) < 4.78 is 20.9. The summed E-state index contributed by atoms with van der Waals surface area (Å²) in [7, 11) is 0. The lowest BCUT2D eigenvalue weighted by Crippen LogP contribution is -2.16. The molecule has 5 nitrogen and oxygen atoms in total. The standard InChI is InChI=1S/C20H20FN3O2/c1-4-14-9-11-15(12-10-14)19(25)24-18(16-7-5-6-8-17(16)21)22-20(23-24)26-13(2)3/h5-13H,4H2,1-3H3. The number of rotatable bonds is 5. The Hall–Kier alpha value is -3.02. The summed E-state index contributed by atoms with van der Waals surface area (Å²) in [5, 5.41) is 4.15. The molecule has 1 heterocycles. The van der Waals surface area contributed by atoms with Gasteiger partial charge in [-0.25, -0.2) is 4.39 Å². The lowest BCUT2D eigenvalue weighted by Gasteiger charge is -2.06. The van der Waals surface area contributed by atoms with Crippen LogP contribution >= 0.6 is 0 Å². The van der Waals surface area contributed by atoms with E-state index in [1.807, 2.05) is 32.9 Å². The first-order valence-corrected chi connectivity index (χ1v) is 8.52. The number of benzene rings is 2. The minimum Gasteiger partial charge on any atom is -0.460 e. The van der Waals surface area contributed by atoms with Gasteiger partial charge in [0, 0.05) is 5.56 Å². The van der Waals surface area contributed by atoms with Crippen molar-refractivity contribution in [1.29, 1.82) is 0 Å². The fraction of sp³-hybridized carbons (Fsp3) is 0.250. The van der Waals surface area contributed by atoms with Crippen molar-refractivity contribution in [1.82, 2.24) is 14.8 Å². The molecule has 0 spiro atoms. The third-order valence-electron chi connectivity index (χ3n) is 3.85. The zero-order valence-electron chi connectivity index (χ0n) is 14.9. The van der Waals surface area contributed by atoms with Gasteiger partial charge in [-0.2, -0.15) is 9.67 Å². The Morgan fingerprint density at radius 2 is 1.85 bits per heavy atom. The van der Waals surface area contributed by atoms with Gasteiger partial charge < -0.3 is 4.74 Å². The van der Waals surface area contributed by atoms with Crippen LogP contribution in [0.2, 0.25) is 0 Å². The third kappa shape index (κ3) is 3.64. The fourth-order valence-corrected chi connectivity index (χ4v) is 2.52. The molecular weight excluding hydrogens is 333 g/mol. The van der Waals surface area contributed by atoms with Gasteiger partial charge in [0.2, 0.25) is 0 Å². The quantitative estimate of drug-likeness (QED) is 0.692. The highest BCUT2D eigenvalue weighted by molar-refractivity contribution is 5.97. The molecule has 0 atom stereocenters. The highest BCUT2D eigenvalue weighted by Gasteiger charge is 2.22. The third-order valence-corrected chi connectivity index (χ3v) is 3.85. The van der Waals surface area contributed by atoms with Crippen molar-refractivity contribution < 1.29 is 13.9 Å². The highest BCUT2D eigenvalue weighted by Crippen LogP contribution is 2.24. The van der Waals surface area contributed by atoms with E-state index in [-0.39, 0.29) is 23.5 Å². The number of halogens is 1. The van der Waals surface area contributed by atoms with Crippen LogP contribution in [0.3, 0.4) is 0 Å². The monoisotopic (exact) mass is 353 g/mol. The SMILES string of the molecule is CCc1ccc(C(=O)n2nc(OC(C)C)nc2-c2ccccc2F)cc1. The van der Waals surface area contributed by atoms with Crippen LogP contribution in [0, 0.1) is 5.82 Å². The lowest BCUT2D eigenvalue weighted by atomic mass is 10.1. The van der Waals surface area contributed by atoms with Crippen molar-refractivity contribution in [2.75, 3.05) is 0 Å². The zero-order chi connectivity index (χ0) is 18.7. The van der Waals surface area contributed by atoms with Gasteiger partial charge in [0.1, 0.15) is 5.82 Å². The molecule has 0 bridgehead atoms. The average Bonchev–Trinajstić information content (AvgIpc) is 3.04. The van der Waals surface area contributed by atoms with Gasteiger partial charge in [0.15, 0.2) is 5.82 Å². The van der Waals surface area contributed by atoms with Crippen LogP contribution in [0.5, 0.6) is 6.01 Å². The molecule has 26 heavy (non-hydrogen) atoms. The number of carbonyl (C=O) groups excluding carboxylic acids is 1. The molecule has 0 aliphatic heterocycles. The number of hydrogen-bond donors (Lipinski definition) is 0. The van der Waals surface area contributed by atoms with Crippen LogP contribution < -0.4 is 4.74 Å². The topological polar surface area (TPSA) is 57.0 Å². The van der Waals surface area contributed by atoms with E-state index in [1.165, 1.54) is 6.07 Å². The molecule has 1 aromatic heterocycles. The molecule has 134 valence electrons. The van der Waals surface area contributed by atoms with Gasteiger partial charge in [-0.05, 0) is 50.1 Å². The first kappa shape index (κ1) is 17.8. The molecule has 0 aliphatic rings. The molecule has 0 fully saturated rings. The summed E-state index contributed by atoms with van der Waals surface area (Å²) in [5.74, 6) is -0.758. The highest BCUT2D eigenvalue weighted by atomic mass is 19.1. The Balaban J connectivity index is 2.07. The molecule has 2 aromatic carbocycles. The maximum atomic E-state index is 14.3. The molecule has 0 saturated carbocycles. The van der Waals surface area contributed by atoms with Crippen LogP contribution in [-0.4, -0.2) is 26.8 Å². The van der Waals surface area contributed by atoms with Crippen molar-refractivity contribution in [3.8, 4) is 17.4 Å². The Labute approximate surface area is 151 Å². The van der Waals surface area contributed by atoms with Gasteiger partial charge in [-0.15, -0.1) is 5.10 Å². The van der Waals surface area contributed by atoms with Crippen molar-refractivity contribution in [2.24, 2.45) is 0 Å². The minimum absolute atomic E-state index is 0.0387. The van der Waals surface area contributed by atoms with E-state index < -0.39 is 11.7 Å². The number of aryl methyl sites for hydroxylation is 1. The second-order valence-electron chi connectivity index (χ2n) is 6.13. The molecule has 0 saturated heterocycles.